The van der Waals surface area contributed by atoms with Gasteiger partial charge in [-0.3, -0.25) is 9.52 Å². The molecule has 0 radical (unpaired) electrons. The third-order valence-electron chi connectivity index (χ3n) is 4.72. The Morgan fingerprint density at radius 3 is 2.38 bits per heavy atom. The summed E-state index contributed by atoms with van der Waals surface area (Å²) in [6, 6.07) is 16.6. The van der Waals surface area contributed by atoms with Crippen molar-refractivity contribution in [3.05, 3.63) is 78.0 Å². The van der Waals surface area contributed by atoms with E-state index >= 15 is 0 Å². The van der Waals surface area contributed by atoms with E-state index in [-0.39, 0.29) is 10.8 Å². The molecule has 0 saturated carbocycles. The summed E-state index contributed by atoms with van der Waals surface area (Å²) in [5, 5.41) is 2.86. The average Bonchev–Trinajstić information content (AvgIpc) is 2.75. The SMILES string of the molecule is Cc1ccccc1S(=O)(=O)Nc1ccc(Oc2ccc(C(=O)NCCC(C)C)cn2)cc1. The number of nitrogens with zero attached hydrogens (tertiary/aromatic N) is 1. The van der Waals surface area contributed by atoms with Gasteiger partial charge in [0.25, 0.3) is 15.9 Å². The van der Waals surface area contributed by atoms with Crippen LogP contribution in [0.5, 0.6) is 11.6 Å². The van der Waals surface area contributed by atoms with Crippen molar-refractivity contribution in [2.75, 3.05) is 11.3 Å². The van der Waals surface area contributed by atoms with E-state index in [4.69, 9.17) is 4.74 Å². The molecule has 3 rings (SSSR count). The number of aromatic nitrogens is 1. The normalized spacial score (nSPS) is 11.2. The summed E-state index contributed by atoms with van der Waals surface area (Å²) in [4.78, 5) is 16.5. The Balaban J connectivity index is 1.60. The second-order valence-corrected chi connectivity index (χ2v) is 9.47. The van der Waals surface area contributed by atoms with Crippen LogP contribution in [0, 0.1) is 12.8 Å². The fraction of sp³-hybridized carbons (Fsp3) is 0.250. The molecular weight excluding hydrogens is 426 g/mol. The Bertz CT molecular complexity index is 1160. The van der Waals surface area contributed by atoms with Crippen LogP contribution in [0.2, 0.25) is 0 Å². The highest BCUT2D eigenvalue weighted by Crippen LogP contribution is 2.24. The molecule has 0 bridgehead atoms. The van der Waals surface area contributed by atoms with Gasteiger partial charge in [-0.2, -0.15) is 0 Å². The third kappa shape index (κ3) is 6.31. The van der Waals surface area contributed by atoms with Crippen molar-refractivity contribution in [1.82, 2.24) is 10.3 Å². The zero-order chi connectivity index (χ0) is 23.1. The van der Waals surface area contributed by atoms with Crippen molar-refractivity contribution >= 4 is 21.6 Å². The lowest BCUT2D eigenvalue weighted by atomic mass is 10.1. The van der Waals surface area contributed by atoms with Gasteiger partial charge in [0.1, 0.15) is 5.75 Å². The molecule has 0 aliphatic carbocycles. The maximum absolute atomic E-state index is 12.6. The van der Waals surface area contributed by atoms with E-state index in [1.807, 2.05) is 0 Å². The highest BCUT2D eigenvalue weighted by Gasteiger charge is 2.16. The minimum atomic E-state index is -3.68. The number of hydrogen-bond acceptors (Lipinski definition) is 5. The van der Waals surface area contributed by atoms with E-state index in [2.05, 4.69) is 28.9 Å². The smallest absolute Gasteiger partial charge is 0.262 e. The highest BCUT2D eigenvalue weighted by molar-refractivity contribution is 7.92. The van der Waals surface area contributed by atoms with Crippen molar-refractivity contribution in [2.24, 2.45) is 5.92 Å². The predicted molar refractivity (Wildman–Crippen MR) is 125 cm³/mol. The molecule has 3 aromatic rings. The molecule has 1 amide bonds. The van der Waals surface area contributed by atoms with Crippen molar-refractivity contribution < 1.29 is 17.9 Å². The summed E-state index contributed by atoms with van der Waals surface area (Å²) in [5.74, 6) is 1.17. The van der Waals surface area contributed by atoms with Crippen molar-refractivity contribution in [3.8, 4) is 11.6 Å². The Hall–Kier alpha value is -3.39. The lowest BCUT2D eigenvalue weighted by Crippen LogP contribution is -2.25. The molecule has 0 atom stereocenters. The Labute approximate surface area is 188 Å². The van der Waals surface area contributed by atoms with Gasteiger partial charge in [0.2, 0.25) is 5.88 Å². The lowest BCUT2D eigenvalue weighted by molar-refractivity contribution is 0.0951. The number of nitrogens with one attached hydrogen (secondary N) is 2. The molecule has 0 fully saturated rings. The van der Waals surface area contributed by atoms with Gasteiger partial charge in [0, 0.05) is 24.5 Å². The summed E-state index contributed by atoms with van der Waals surface area (Å²) in [6.45, 7) is 6.57. The maximum Gasteiger partial charge on any atom is 0.262 e. The van der Waals surface area contributed by atoms with Gasteiger partial charge < -0.3 is 10.1 Å². The lowest BCUT2D eigenvalue weighted by Gasteiger charge is -2.11. The molecule has 7 nitrogen and oxygen atoms in total. The van der Waals surface area contributed by atoms with Gasteiger partial charge in [-0.25, -0.2) is 13.4 Å². The predicted octanol–water partition coefficient (Wildman–Crippen LogP) is 4.76. The van der Waals surface area contributed by atoms with Crippen molar-refractivity contribution in [3.63, 3.8) is 0 Å². The molecule has 0 aliphatic rings. The number of benzene rings is 2. The quantitative estimate of drug-likeness (QED) is 0.487. The Kier molecular flexibility index (Phi) is 7.48. The number of amides is 1. The molecular formula is C24H27N3O4S. The Morgan fingerprint density at radius 2 is 1.75 bits per heavy atom. The largest absolute Gasteiger partial charge is 0.439 e. The summed E-state index contributed by atoms with van der Waals surface area (Å²) in [5.41, 5.74) is 1.55. The van der Waals surface area contributed by atoms with Crippen LogP contribution in [0.15, 0.2) is 71.8 Å². The monoisotopic (exact) mass is 453 g/mol. The number of anilines is 1. The molecule has 0 aliphatic heterocycles. The first-order valence-electron chi connectivity index (χ1n) is 10.4. The second kappa shape index (κ2) is 10.3. The van der Waals surface area contributed by atoms with Gasteiger partial charge >= 0.3 is 0 Å². The van der Waals surface area contributed by atoms with Gasteiger partial charge in [-0.1, -0.05) is 32.0 Å². The molecule has 0 saturated heterocycles. The van der Waals surface area contributed by atoms with Crippen LogP contribution in [-0.2, 0) is 10.0 Å². The Morgan fingerprint density at radius 1 is 1.03 bits per heavy atom. The molecule has 32 heavy (non-hydrogen) atoms. The zero-order valence-corrected chi connectivity index (χ0v) is 19.1. The molecule has 1 aromatic heterocycles. The van der Waals surface area contributed by atoms with Crippen LogP contribution in [0.3, 0.4) is 0 Å². The van der Waals surface area contributed by atoms with Crippen LogP contribution in [0.1, 0.15) is 36.2 Å². The first-order valence-corrected chi connectivity index (χ1v) is 11.8. The van der Waals surface area contributed by atoms with Gasteiger partial charge in [0.05, 0.1) is 10.5 Å². The van der Waals surface area contributed by atoms with E-state index in [0.717, 1.165) is 6.42 Å². The van der Waals surface area contributed by atoms with Crippen molar-refractivity contribution in [1.29, 1.82) is 0 Å². The molecule has 2 N–H and O–H groups in total. The third-order valence-corrected chi connectivity index (χ3v) is 6.26. The summed E-state index contributed by atoms with van der Waals surface area (Å²) in [6.07, 6.45) is 2.38. The first-order chi connectivity index (χ1) is 15.2. The minimum absolute atomic E-state index is 0.171. The number of rotatable bonds is 9. The van der Waals surface area contributed by atoms with E-state index in [1.54, 1.807) is 67.6 Å². The van der Waals surface area contributed by atoms with E-state index in [0.29, 0.717) is 40.9 Å². The van der Waals surface area contributed by atoms with Crippen molar-refractivity contribution in [2.45, 2.75) is 32.1 Å². The van der Waals surface area contributed by atoms with Crippen LogP contribution in [-0.4, -0.2) is 25.9 Å². The van der Waals surface area contributed by atoms with E-state index in [9.17, 15) is 13.2 Å². The highest BCUT2D eigenvalue weighted by atomic mass is 32.2. The zero-order valence-electron chi connectivity index (χ0n) is 18.3. The number of sulfonamides is 1. The molecule has 0 spiro atoms. The molecule has 8 heteroatoms. The minimum Gasteiger partial charge on any atom is -0.439 e. The van der Waals surface area contributed by atoms with Gasteiger partial charge in [-0.05, 0) is 61.2 Å². The number of carbonyl (C=O) groups excluding carboxylic acids is 1. The molecule has 1 heterocycles. The standard InChI is InChI=1S/C24H27N3O4S/c1-17(2)14-15-25-24(28)19-8-13-23(26-16-19)31-21-11-9-20(10-12-21)27-32(29,30)22-7-5-4-6-18(22)3/h4-13,16-17,27H,14-15H2,1-3H3,(H,25,28). The van der Waals surface area contributed by atoms with Crippen LogP contribution >= 0.6 is 0 Å². The molecule has 168 valence electrons. The fourth-order valence-corrected chi connectivity index (χ4v) is 4.24. The second-order valence-electron chi connectivity index (χ2n) is 7.82. The fourth-order valence-electron chi connectivity index (χ4n) is 2.93. The number of hydrogen-bond donors (Lipinski definition) is 2. The maximum atomic E-state index is 12.6. The number of pyridine rings is 1. The summed E-state index contributed by atoms with van der Waals surface area (Å²) >= 11 is 0. The average molecular weight is 454 g/mol. The van der Waals surface area contributed by atoms with Crippen LogP contribution in [0.4, 0.5) is 5.69 Å². The van der Waals surface area contributed by atoms with Gasteiger partial charge in [0.15, 0.2) is 0 Å². The van der Waals surface area contributed by atoms with Gasteiger partial charge in [-0.15, -0.1) is 0 Å². The van der Waals surface area contributed by atoms with Crippen LogP contribution < -0.4 is 14.8 Å². The van der Waals surface area contributed by atoms with E-state index < -0.39 is 10.0 Å². The molecule has 2 aromatic carbocycles. The number of aryl methyl sites for hydroxylation is 1. The first kappa shape index (κ1) is 23.3. The van der Waals surface area contributed by atoms with Crippen LogP contribution in [0.25, 0.3) is 0 Å². The topological polar surface area (TPSA) is 97.4 Å². The summed E-state index contributed by atoms with van der Waals surface area (Å²) in [7, 11) is -3.68. The number of carbonyl (C=O) groups is 1. The number of ether oxygens (including phenoxy) is 1. The molecule has 0 unspecified atom stereocenters. The van der Waals surface area contributed by atoms with E-state index in [1.165, 1.54) is 6.20 Å². The summed E-state index contributed by atoms with van der Waals surface area (Å²) < 4.78 is 33.5.